The third-order valence-corrected chi connectivity index (χ3v) is 3.92. The first kappa shape index (κ1) is 12.1. The summed E-state index contributed by atoms with van der Waals surface area (Å²) >= 11 is 0. The molecular weight excluding hydrogens is 228 g/mol. The largest absolute Gasteiger partial charge is 0.339 e. The van der Waals surface area contributed by atoms with Crippen LogP contribution >= 0.6 is 0 Å². The van der Waals surface area contributed by atoms with Crippen LogP contribution in [0, 0.1) is 5.92 Å². The van der Waals surface area contributed by atoms with Gasteiger partial charge in [0.2, 0.25) is 5.89 Å². The summed E-state index contributed by atoms with van der Waals surface area (Å²) in [5, 5.41) is 7.57. The lowest BCUT2D eigenvalue weighted by Gasteiger charge is -2.32. The van der Waals surface area contributed by atoms with Gasteiger partial charge in [-0.1, -0.05) is 12.1 Å². The fourth-order valence-corrected chi connectivity index (χ4v) is 2.65. The molecule has 5 nitrogen and oxygen atoms in total. The average molecular weight is 250 g/mol. The Labute approximate surface area is 108 Å². The summed E-state index contributed by atoms with van der Waals surface area (Å²) in [4.78, 5) is 7.06. The van der Waals surface area contributed by atoms with Crippen LogP contribution in [0.2, 0.25) is 0 Å². The quantitative estimate of drug-likeness (QED) is 0.855. The number of rotatable bonds is 5. The van der Waals surface area contributed by atoms with Gasteiger partial charge in [0.15, 0.2) is 5.82 Å². The first-order chi connectivity index (χ1) is 8.86. The van der Waals surface area contributed by atoms with Gasteiger partial charge in [-0.05, 0) is 25.2 Å². The van der Waals surface area contributed by atoms with Crippen LogP contribution in [-0.4, -0.2) is 41.2 Å². The minimum Gasteiger partial charge on any atom is -0.339 e. The zero-order valence-electron chi connectivity index (χ0n) is 11.1. The van der Waals surface area contributed by atoms with Crippen molar-refractivity contribution in [3.05, 3.63) is 11.7 Å². The second-order valence-electron chi connectivity index (χ2n) is 5.40. The van der Waals surface area contributed by atoms with Crippen LogP contribution in [0.3, 0.4) is 0 Å². The van der Waals surface area contributed by atoms with E-state index in [4.69, 9.17) is 4.52 Å². The smallest absolute Gasteiger partial charge is 0.226 e. The normalized spacial score (nSPS) is 23.2. The minimum atomic E-state index is 0.323. The maximum Gasteiger partial charge on any atom is 0.226 e. The molecule has 2 aliphatic rings. The maximum atomic E-state index is 5.39. The van der Waals surface area contributed by atoms with E-state index >= 15 is 0 Å². The lowest BCUT2D eigenvalue weighted by molar-refractivity contribution is 0.160. The van der Waals surface area contributed by atoms with Gasteiger partial charge in [0.1, 0.15) is 0 Å². The van der Waals surface area contributed by atoms with E-state index in [-0.39, 0.29) is 0 Å². The van der Waals surface area contributed by atoms with E-state index in [0.29, 0.717) is 6.04 Å². The molecule has 0 amide bonds. The summed E-state index contributed by atoms with van der Waals surface area (Å²) in [6.07, 6.45) is 4.67. The number of hydrogen-bond acceptors (Lipinski definition) is 5. The Balaban J connectivity index is 1.67. The summed E-state index contributed by atoms with van der Waals surface area (Å²) in [5.41, 5.74) is 0. The van der Waals surface area contributed by atoms with Gasteiger partial charge in [-0.3, -0.25) is 4.90 Å². The molecule has 1 atom stereocenters. The van der Waals surface area contributed by atoms with Gasteiger partial charge in [-0.25, -0.2) is 0 Å². The molecule has 0 radical (unpaired) electrons. The molecule has 2 heterocycles. The van der Waals surface area contributed by atoms with Crippen LogP contribution in [0.25, 0.3) is 0 Å². The van der Waals surface area contributed by atoms with Crippen molar-refractivity contribution in [2.45, 2.75) is 38.6 Å². The summed E-state index contributed by atoms with van der Waals surface area (Å²) in [6.45, 7) is 6.46. The molecule has 1 aliphatic heterocycles. The van der Waals surface area contributed by atoms with Crippen molar-refractivity contribution in [3.63, 3.8) is 0 Å². The molecule has 1 aliphatic carbocycles. The predicted octanol–water partition coefficient (Wildman–Crippen LogP) is 1.38. The second-order valence-corrected chi connectivity index (χ2v) is 5.40. The highest BCUT2D eigenvalue weighted by Gasteiger charge is 2.28. The molecule has 100 valence electrons. The zero-order valence-corrected chi connectivity index (χ0v) is 11.1. The number of piperazine rings is 1. The number of nitrogens with one attached hydrogen (secondary N) is 1. The lowest BCUT2D eigenvalue weighted by atomic mass is 10.1. The second kappa shape index (κ2) is 5.36. The molecule has 0 bridgehead atoms. The molecule has 1 saturated heterocycles. The van der Waals surface area contributed by atoms with Gasteiger partial charge in [-0.2, -0.15) is 4.98 Å². The molecule has 1 N–H and O–H groups in total. The van der Waals surface area contributed by atoms with Crippen molar-refractivity contribution in [2.75, 3.05) is 26.2 Å². The molecule has 1 unspecified atom stereocenters. The average Bonchev–Trinajstić information content (AvgIpc) is 3.10. The third-order valence-electron chi connectivity index (χ3n) is 3.92. The monoisotopic (exact) mass is 250 g/mol. The first-order valence-electron chi connectivity index (χ1n) is 7.14. The Morgan fingerprint density at radius 2 is 2.17 bits per heavy atom. The highest BCUT2D eigenvalue weighted by Crippen LogP contribution is 2.32. The molecule has 1 saturated carbocycles. The Morgan fingerprint density at radius 1 is 1.39 bits per heavy atom. The van der Waals surface area contributed by atoms with E-state index in [1.54, 1.807) is 0 Å². The molecule has 5 heteroatoms. The van der Waals surface area contributed by atoms with Crippen LogP contribution in [-0.2, 0) is 6.42 Å². The molecule has 3 rings (SSSR count). The zero-order chi connectivity index (χ0) is 12.4. The van der Waals surface area contributed by atoms with E-state index in [1.165, 1.54) is 12.8 Å². The topological polar surface area (TPSA) is 54.2 Å². The van der Waals surface area contributed by atoms with Crippen molar-refractivity contribution in [3.8, 4) is 0 Å². The van der Waals surface area contributed by atoms with Crippen molar-refractivity contribution in [1.29, 1.82) is 0 Å². The SMILES string of the molecule is CCC(c1noc(CC2CC2)n1)N1CCNCC1. The highest BCUT2D eigenvalue weighted by atomic mass is 16.5. The Morgan fingerprint density at radius 3 is 2.83 bits per heavy atom. The third kappa shape index (κ3) is 2.72. The fraction of sp³-hybridized carbons (Fsp3) is 0.846. The molecule has 18 heavy (non-hydrogen) atoms. The van der Waals surface area contributed by atoms with Crippen LogP contribution in [0.4, 0.5) is 0 Å². The van der Waals surface area contributed by atoms with E-state index in [9.17, 15) is 0 Å². The Kier molecular flexibility index (Phi) is 3.61. The van der Waals surface area contributed by atoms with Crippen molar-refractivity contribution < 1.29 is 4.52 Å². The van der Waals surface area contributed by atoms with Gasteiger partial charge >= 0.3 is 0 Å². The standard InChI is InChI=1S/C13H22N4O/c1-2-11(17-7-5-14-6-8-17)13-15-12(18-16-13)9-10-3-4-10/h10-11,14H,2-9H2,1H3. The molecule has 0 aromatic carbocycles. The molecule has 1 aromatic rings. The molecule has 1 aromatic heterocycles. The fourth-order valence-electron chi connectivity index (χ4n) is 2.65. The van der Waals surface area contributed by atoms with Gasteiger partial charge in [0, 0.05) is 32.6 Å². The number of aromatic nitrogens is 2. The number of nitrogens with zero attached hydrogens (tertiary/aromatic N) is 3. The van der Waals surface area contributed by atoms with Crippen LogP contribution in [0.5, 0.6) is 0 Å². The Bertz CT molecular complexity index is 382. The van der Waals surface area contributed by atoms with Crippen LogP contribution < -0.4 is 5.32 Å². The predicted molar refractivity (Wildman–Crippen MR) is 68.2 cm³/mol. The van der Waals surface area contributed by atoms with E-state index < -0.39 is 0 Å². The molecular formula is C13H22N4O. The molecule has 2 fully saturated rings. The molecule has 0 spiro atoms. The highest BCUT2D eigenvalue weighted by molar-refractivity contribution is 4.97. The van der Waals surface area contributed by atoms with Crippen molar-refractivity contribution in [1.82, 2.24) is 20.4 Å². The van der Waals surface area contributed by atoms with Crippen molar-refractivity contribution >= 4 is 0 Å². The lowest BCUT2D eigenvalue weighted by Crippen LogP contribution is -2.45. The van der Waals surface area contributed by atoms with Crippen molar-refractivity contribution in [2.24, 2.45) is 5.92 Å². The van der Waals surface area contributed by atoms with Gasteiger partial charge in [0.25, 0.3) is 0 Å². The van der Waals surface area contributed by atoms with Crippen LogP contribution in [0.15, 0.2) is 4.52 Å². The summed E-state index contributed by atoms with van der Waals surface area (Å²) in [7, 11) is 0. The summed E-state index contributed by atoms with van der Waals surface area (Å²) in [6, 6.07) is 0.323. The van der Waals surface area contributed by atoms with Crippen LogP contribution in [0.1, 0.15) is 43.9 Å². The van der Waals surface area contributed by atoms with E-state index in [1.807, 2.05) is 0 Å². The maximum absolute atomic E-state index is 5.39. The van der Waals surface area contributed by atoms with E-state index in [0.717, 1.165) is 56.7 Å². The Hall–Kier alpha value is -0.940. The number of hydrogen-bond donors (Lipinski definition) is 1. The van der Waals surface area contributed by atoms with E-state index in [2.05, 4.69) is 27.3 Å². The summed E-state index contributed by atoms with van der Waals surface area (Å²) in [5.74, 6) is 2.52. The minimum absolute atomic E-state index is 0.323. The van der Waals surface area contributed by atoms with Gasteiger partial charge in [0.05, 0.1) is 6.04 Å². The van der Waals surface area contributed by atoms with Gasteiger partial charge < -0.3 is 9.84 Å². The first-order valence-corrected chi connectivity index (χ1v) is 7.14. The summed E-state index contributed by atoms with van der Waals surface area (Å²) < 4.78 is 5.39. The van der Waals surface area contributed by atoms with Gasteiger partial charge in [-0.15, -0.1) is 0 Å².